The van der Waals surface area contributed by atoms with Crippen molar-refractivity contribution in [2.75, 3.05) is 0 Å². The van der Waals surface area contributed by atoms with Crippen molar-refractivity contribution < 1.29 is 0 Å². The molecule has 0 N–H and O–H groups in total. The molecule has 0 fully saturated rings. The number of aryl methyl sites for hydroxylation is 2. The van der Waals surface area contributed by atoms with Gasteiger partial charge in [0.25, 0.3) is 0 Å². The summed E-state index contributed by atoms with van der Waals surface area (Å²) in [7, 11) is -1.53. The molecule has 1 aromatic carbocycles. The third-order valence-corrected chi connectivity index (χ3v) is 10.9. The Labute approximate surface area is 241 Å². The van der Waals surface area contributed by atoms with E-state index in [0.29, 0.717) is 5.92 Å². The summed E-state index contributed by atoms with van der Waals surface area (Å²) in [6, 6.07) is 11.2. The Bertz CT molecular complexity index is 1480. The zero-order valence-electron chi connectivity index (χ0n) is 22.5. The van der Waals surface area contributed by atoms with E-state index in [2.05, 4.69) is 94.4 Å². The Morgan fingerprint density at radius 2 is 1.65 bits per heavy atom. The first-order chi connectivity index (χ1) is 17.6. The van der Waals surface area contributed by atoms with Gasteiger partial charge in [0.05, 0.1) is 8.67 Å². The van der Waals surface area contributed by atoms with Crippen LogP contribution < -0.4 is 0 Å². The Balaban J connectivity index is 1.92. The molecule has 0 amide bonds. The molecule has 0 aliphatic heterocycles. The van der Waals surface area contributed by atoms with Crippen LogP contribution in [-0.2, 0) is 5.41 Å². The number of hydrogen-bond acceptors (Lipinski definition) is 2. The van der Waals surface area contributed by atoms with Crippen LogP contribution in [0.5, 0.6) is 0 Å². The van der Waals surface area contributed by atoms with E-state index in [-0.39, 0.29) is 5.41 Å². The zero-order chi connectivity index (χ0) is 26.5. The Kier molecular flexibility index (Phi) is 7.46. The molecule has 0 unspecified atom stereocenters. The second-order valence-electron chi connectivity index (χ2n) is 11.4. The average molecular weight is 582 g/mol. The molecule has 0 saturated carbocycles. The van der Waals surface area contributed by atoms with Gasteiger partial charge in [0, 0.05) is 21.6 Å². The van der Waals surface area contributed by atoms with Crippen molar-refractivity contribution in [2.45, 2.75) is 71.5 Å². The average Bonchev–Trinajstić information content (AvgIpc) is 3.43. The minimum absolute atomic E-state index is 0.214. The van der Waals surface area contributed by atoms with Gasteiger partial charge >= 0.3 is 0 Å². The van der Waals surface area contributed by atoms with Crippen molar-refractivity contribution in [3.05, 3.63) is 82.7 Å². The third-order valence-electron chi connectivity index (χ3n) is 7.66. The lowest BCUT2D eigenvalue weighted by molar-refractivity contribution is 0.383. The lowest BCUT2D eigenvalue weighted by Gasteiger charge is -2.42. The largest absolute Gasteiger partial charge is 0.132 e. The summed E-state index contributed by atoms with van der Waals surface area (Å²) in [6.07, 6.45) is 9.20. The molecule has 5 rings (SSSR count). The summed E-state index contributed by atoms with van der Waals surface area (Å²) >= 11 is 16.7. The number of hydrogen-bond donors (Lipinski definition) is 0. The van der Waals surface area contributed by atoms with Crippen molar-refractivity contribution in [3.8, 4) is 11.5 Å². The number of rotatable bonds is 6. The van der Waals surface area contributed by atoms with Crippen molar-refractivity contribution in [1.29, 1.82) is 0 Å². The van der Waals surface area contributed by atoms with Crippen LogP contribution in [0.2, 0.25) is 28.3 Å². The van der Waals surface area contributed by atoms with Gasteiger partial charge in [-0.25, -0.2) is 0 Å². The molecule has 2 aromatic heterocycles. The maximum absolute atomic E-state index is 6.69. The lowest BCUT2D eigenvalue weighted by atomic mass is 9.60. The highest BCUT2D eigenvalue weighted by Gasteiger charge is 2.52. The van der Waals surface area contributed by atoms with Crippen molar-refractivity contribution in [1.82, 2.24) is 0 Å². The van der Waals surface area contributed by atoms with E-state index < -0.39 is 8.07 Å². The third kappa shape index (κ3) is 4.75. The fraction of sp³-hybridized carbons (Fsp3) is 0.375. The summed E-state index contributed by atoms with van der Waals surface area (Å²) in [5, 5.41) is 0. The maximum atomic E-state index is 6.69. The van der Waals surface area contributed by atoms with Crippen LogP contribution >= 0.6 is 45.9 Å². The molecule has 3 aromatic rings. The molecular weight excluding hydrogens is 547 g/mol. The molecule has 0 radical (unpaired) electrons. The minimum atomic E-state index is -1.53. The van der Waals surface area contributed by atoms with Crippen LogP contribution in [0, 0.1) is 31.2 Å². The van der Waals surface area contributed by atoms with Crippen LogP contribution in [-0.4, -0.2) is 8.07 Å². The van der Waals surface area contributed by atoms with Gasteiger partial charge in [0.15, 0.2) is 0 Å². The van der Waals surface area contributed by atoms with E-state index >= 15 is 0 Å². The highest BCUT2D eigenvalue weighted by molar-refractivity contribution is 7.16. The Hall–Kier alpha value is -1.54. The summed E-state index contributed by atoms with van der Waals surface area (Å²) in [5.41, 5.74) is 12.9. The topological polar surface area (TPSA) is 0 Å². The molecule has 5 heteroatoms. The van der Waals surface area contributed by atoms with E-state index in [1.54, 1.807) is 22.7 Å². The van der Waals surface area contributed by atoms with Gasteiger partial charge in [-0.3, -0.25) is 0 Å². The second kappa shape index (κ2) is 10.2. The number of unbranched alkanes of at least 4 members (excludes halogenated alkanes) is 1. The van der Waals surface area contributed by atoms with Gasteiger partial charge in [0.2, 0.25) is 0 Å². The second-order valence-corrected chi connectivity index (χ2v) is 19.9. The molecule has 2 aliphatic rings. The van der Waals surface area contributed by atoms with Gasteiger partial charge in [-0.05, 0) is 77.3 Å². The standard InChI is InChI=1S/C32H34Cl2S2Si/c1-7-8-12-23-15-14-22-11-9-13-24-29(25-18-27(33)35-20(25)2)31(26-19-28(34)36-21(26)3)32(23,30(22)24)16-10-17-37(4,5)6/h9,11,13-15,18-19,23H,7-8,12,16H2,1-6H3/t23-,32-/m0/s1. The monoisotopic (exact) mass is 580 g/mol. The molecular formula is C32H34Cl2S2Si. The number of benzene rings is 1. The smallest absolute Gasteiger partial charge is 0.129 e. The highest BCUT2D eigenvalue weighted by Crippen LogP contribution is 2.63. The maximum Gasteiger partial charge on any atom is 0.129 e. The predicted molar refractivity (Wildman–Crippen MR) is 170 cm³/mol. The molecule has 2 heterocycles. The first kappa shape index (κ1) is 27.0. The lowest BCUT2D eigenvalue weighted by Crippen LogP contribution is -2.37. The van der Waals surface area contributed by atoms with E-state index in [0.717, 1.165) is 21.5 Å². The SMILES string of the molecule is CCCC[C@H]1C=Cc2cccc3c2[C@@]1(CC#C[Si](C)(C)C)C(c1cc(Cl)sc1C)=C3c1cc(Cl)sc1C. The van der Waals surface area contributed by atoms with Crippen LogP contribution in [0.25, 0.3) is 17.2 Å². The molecule has 0 nitrogen and oxygen atoms in total. The molecule has 0 spiro atoms. The highest BCUT2D eigenvalue weighted by atomic mass is 35.5. The van der Waals surface area contributed by atoms with Gasteiger partial charge in [-0.1, -0.05) is 93.0 Å². The number of allylic oxidation sites excluding steroid dienone is 2. The summed E-state index contributed by atoms with van der Waals surface area (Å²) in [5.74, 6) is 4.15. The summed E-state index contributed by atoms with van der Waals surface area (Å²) < 4.78 is 1.68. The first-order valence-electron chi connectivity index (χ1n) is 13.2. The molecule has 192 valence electrons. The molecule has 2 atom stereocenters. The normalized spacial score (nSPS) is 20.3. The summed E-state index contributed by atoms with van der Waals surface area (Å²) in [6.45, 7) is 13.7. The van der Waals surface area contributed by atoms with E-state index in [1.807, 2.05) is 0 Å². The van der Waals surface area contributed by atoms with Crippen molar-refractivity contribution in [3.63, 3.8) is 0 Å². The fourth-order valence-corrected chi connectivity index (χ4v) is 9.23. The van der Waals surface area contributed by atoms with Gasteiger partial charge < -0.3 is 0 Å². The van der Waals surface area contributed by atoms with Gasteiger partial charge in [-0.15, -0.1) is 34.1 Å². The van der Waals surface area contributed by atoms with Gasteiger partial charge in [-0.2, -0.15) is 0 Å². The molecule has 2 aliphatic carbocycles. The Morgan fingerprint density at radius 3 is 2.24 bits per heavy atom. The van der Waals surface area contributed by atoms with Crippen LogP contribution in [0.3, 0.4) is 0 Å². The van der Waals surface area contributed by atoms with E-state index in [1.165, 1.54) is 61.6 Å². The molecule has 0 bridgehead atoms. The van der Waals surface area contributed by atoms with Crippen LogP contribution in [0.1, 0.15) is 70.2 Å². The molecule has 37 heavy (non-hydrogen) atoms. The zero-order valence-corrected chi connectivity index (χ0v) is 26.7. The molecule has 0 saturated heterocycles. The van der Waals surface area contributed by atoms with Crippen LogP contribution in [0.15, 0.2) is 36.4 Å². The van der Waals surface area contributed by atoms with E-state index in [9.17, 15) is 0 Å². The first-order valence-corrected chi connectivity index (χ1v) is 19.0. The van der Waals surface area contributed by atoms with Crippen molar-refractivity contribution in [2.24, 2.45) is 5.92 Å². The number of thiophene rings is 2. The minimum Gasteiger partial charge on any atom is -0.132 e. The predicted octanol–water partition coefficient (Wildman–Crippen LogP) is 11.0. The quantitative estimate of drug-likeness (QED) is 0.201. The van der Waals surface area contributed by atoms with Crippen LogP contribution in [0.4, 0.5) is 0 Å². The Morgan fingerprint density at radius 1 is 0.973 bits per heavy atom. The van der Waals surface area contributed by atoms with Crippen molar-refractivity contribution >= 4 is 71.2 Å². The van der Waals surface area contributed by atoms with E-state index in [4.69, 9.17) is 23.2 Å². The van der Waals surface area contributed by atoms with Gasteiger partial charge in [0.1, 0.15) is 8.07 Å². The number of halogens is 2. The summed E-state index contributed by atoms with van der Waals surface area (Å²) in [4.78, 5) is 2.53. The fourth-order valence-electron chi connectivity index (χ4n) is 6.22.